The first-order chi connectivity index (χ1) is 9.29. The summed E-state index contributed by atoms with van der Waals surface area (Å²) in [5, 5.41) is 0.432. The lowest BCUT2D eigenvalue weighted by molar-refractivity contribution is 0.570. The smallest absolute Gasteiger partial charge is 0.264 e. The summed E-state index contributed by atoms with van der Waals surface area (Å²) in [6, 6.07) is 8.47. The number of benzene rings is 2. The summed E-state index contributed by atoms with van der Waals surface area (Å²) in [7, 11) is -3.99. The summed E-state index contributed by atoms with van der Waals surface area (Å²) < 4.78 is 40.7. The number of sulfonamides is 1. The second-order valence-electron chi connectivity index (χ2n) is 4.14. The van der Waals surface area contributed by atoms with E-state index in [0.29, 0.717) is 9.50 Å². The molecule has 2 aromatic carbocycles. The third-order valence-electron chi connectivity index (χ3n) is 2.61. The van der Waals surface area contributed by atoms with E-state index in [-0.39, 0.29) is 5.69 Å². The Labute approximate surface area is 130 Å². The van der Waals surface area contributed by atoms with Crippen molar-refractivity contribution < 1.29 is 12.8 Å². The summed E-state index contributed by atoms with van der Waals surface area (Å²) >= 11 is 9.00. The number of hydrogen-bond acceptors (Lipinski definition) is 2. The predicted octanol–water partition coefficient (Wildman–Crippen LogP) is 4.35. The summed E-state index contributed by atoms with van der Waals surface area (Å²) in [4.78, 5) is -0.419. The largest absolute Gasteiger partial charge is 0.279 e. The highest BCUT2D eigenvalue weighted by atomic mass is 79.9. The second kappa shape index (κ2) is 5.71. The third-order valence-corrected chi connectivity index (χ3v) is 4.92. The quantitative estimate of drug-likeness (QED) is 0.863. The van der Waals surface area contributed by atoms with Gasteiger partial charge in [-0.1, -0.05) is 33.6 Å². The van der Waals surface area contributed by atoms with Gasteiger partial charge >= 0.3 is 0 Å². The van der Waals surface area contributed by atoms with Crippen LogP contribution in [0.15, 0.2) is 45.8 Å². The SMILES string of the molecule is Cc1ccc(NS(=O)(=O)c2ccc(Br)cc2F)cc1Cl. The molecule has 2 rings (SSSR count). The Bertz CT molecular complexity index is 765. The molecule has 0 aliphatic rings. The van der Waals surface area contributed by atoms with Crippen LogP contribution in [0.5, 0.6) is 0 Å². The Morgan fingerprint density at radius 1 is 1.20 bits per heavy atom. The first-order valence-corrected chi connectivity index (χ1v) is 8.19. The molecule has 20 heavy (non-hydrogen) atoms. The number of halogens is 3. The van der Waals surface area contributed by atoms with Crippen molar-refractivity contribution in [3.8, 4) is 0 Å². The normalized spacial score (nSPS) is 11.4. The van der Waals surface area contributed by atoms with Gasteiger partial charge in [0, 0.05) is 9.50 Å². The van der Waals surface area contributed by atoms with Crippen LogP contribution in [0.3, 0.4) is 0 Å². The Kier molecular flexibility index (Phi) is 4.36. The topological polar surface area (TPSA) is 46.2 Å². The molecule has 0 saturated carbocycles. The van der Waals surface area contributed by atoms with Gasteiger partial charge in [0.05, 0.1) is 5.69 Å². The van der Waals surface area contributed by atoms with E-state index < -0.39 is 20.7 Å². The standard InChI is InChI=1S/C13H10BrClFNO2S/c1-8-2-4-10(7-11(8)15)17-20(18,19)13-5-3-9(14)6-12(13)16/h2-7,17H,1H3. The van der Waals surface area contributed by atoms with Gasteiger partial charge in [-0.05, 0) is 42.8 Å². The number of hydrogen-bond donors (Lipinski definition) is 1. The van der Waals surface area contributed by atoms with Crippen LogP contribution in [0.1, 0.15) is 5.56 Å². The molecule has 0 aliphatic heterocycles. The third kappa shape index (κ3) is 3.31. The fourth-order valence-corrected chi connectivity index (χ4v) is 3.18. The Morgan fingerprint density at radius 3 is 2.50 bits per heavy atom. The van der Waals surface area contributed by atoms with Crippen LogP contribution in [0, 0.1) is 12.7 Å². The molecule has 2 aromatic rings. The van der Waals surface area contributed by atoms with Gasteiger partial charge in [0.25, 0.3) is 10.0 Å². The van der Waals surface area contributed by atoms with Crippen LogP contribution in [-0.2, 0) is 10.0 Å². The molecule has 106 valence electrons. The summed E-state index contributed by atoms with van der Waals surface area (Å²) in [6.07, 6.45) is 0. The molecule has 0 heterocycles. The summed E-state index contributed by atoms with van der Waals surface area (Å²) in [5.74, 6) is -0.829. The molecular formula is C13H10BrClFNO2S. The number of aryl methyl sites for hydroxylation is 1. The highest BCUT2D eigenvalue weighted by molar-refractivity contribution is 9.10. The fourth-order valence-electron chi connectivity index (χ4n) is 1.56. The lowest BCUT2D eigenvalue weighted by Crippen LogP contribution is -2.14. The van der Waals surface area contributed by atoms with Crippen molar-refractivity contribution in [1.29, 1.82) is 0 Å². The zero-order valence-electron chi connectivity index (χ0n) is 10.3. The zero-order chi connectivity index (χ0) is 14.9. The first-order valence-electron chi connectivity index (χ1n) is 5.53. The Hall–Kier alpha value is -1.11. The molecule has 0 bridgehead atoms. The summed E-state index contributed by atoms with van der Waals surface area (Å²) in [6.45, 7) is 1.80. The maximum Gasteiger partial charge on any atom is 0.264 e. The molecule has 0 aromatic heterocycles. The molecule has 7 heteroatoms. The Morgan fingerprint density at radius 2 is 1.90 bits per heavy atom. The molecule has 0 unspecified atom stereocenters. The van der Waals surface area contributed by atoms with E-state index in [0.717, 1.165) is 11.6 Å². The Balaban J connectivity index is 2.38. The van der Waals surface area contributed by atoms with E-state index in [4.69, 9.17) is 11.6 Å². The first kappa shape index (κ1) is 15.3. The molecule has 1 N–H and O–H groups in total. The number of anilines is 1. The van der Waals surface area contributed by atoms with Crippen LogP contribution < -0.4 is 4.72 Å². The summed E-state index contributed by atoms with van der Waals surface area (Å²) in [5.41, 5.74) is 1.10. The maximum absolute atomic E-state index is 13.7. The molecule has 3 nitrogen and oxygen atoms in total. The lowest BCUT2D eigenvalue weighted by atomic mass is 10.2. The molecule has 0 fully saturated rings. The van der Waals surface area contributed by atoms with Crippen molar-refractivity contribution >= 4 is 43.2 Å². The van der Waals surface area contributed by atoms with E-state index in [2.05, 4.69) is 20.7 Å². The maximum atomic E-state index is 13.7. The highest BCUT2D eigenvalue weighted by Crippen LogP contribution is 2.24. The van der Waals surface area contributed by atoms with Gasteiger partial charge in [-0.2, -0.15) is 0 Å². The minimum absolute atomic E-state index is 0.280. The zero-order valence-corrected chi connectivity index (χ0v) is 13.5. The fraction of sp³-hybridized carbons (Fsp3) is 0.0769. The van der Waals surface area contributed by atoms with E-state index in [9.17, 15) is 12.8 Å². The van der Waals surface area contributed by atoms with E-state index in [1.165, 1.54) is 18.2 Å². The van der Waals surface area contributed by atoms with Gasteiger partial charge in [-0.3, -0.25) is 4.72 Å². The van der Waals surface area contributed by atoms with Crippen LogP contribution in [-0.4, -0.2) is 8.42 Å². The van der Waals surface area contributed by atoms with E-state index in [1.807, 2.05) is 0 Å². The lowest BCUT2D eigenvalue weighted by Gasteiger charge is -2.10. The van der Waals surface area contributed by atoms with Crippen molar-refractivity contribution in [3.05, 3.63) is 57.3 Å². The molecule has 0 saturated heterocycles. The number of nitrogens with one attached hydrogen (secondary N) is 1. The van der Waals surface area contributed by atoms with Crippen molar-refractivity contribution in [2.75, 3.05) is 4.72 Å². The van der Waals surface area contributed by atoms with Crippen molar-refractivity contribution in [3.63, 3.8) is 0 Å². The molecule has 0 radical (unpaired) electrons. The predicted molar refractivity (Wildman–Crippen MR) is 81.1 cm³/mol. The van der Waals surface area contributed by atoms with Gasteiger partial charge in [-0.15, -0.1) is 0 Å². The molecule has 0 atom stereocenters. The van der Waals surface area contributed by atoms with Gasteiger partial charge in [0.2, 0.25) is 0 Å². The van der Waals surface area contributed by atoms with E-state index in [1.54, 1.807) is 19.1 Å². The van der Waals surface area contributed by atoms with Gasteiger partial charge in [0.15, 0.2) is 0 Å². The number of rotatable bonds is 3. The average Bonchev–Trinajstić information content (AvgIpc) is 2.33. The minimum Gasteiger partial charge on any atom is -0.279 e. The minimum atomic E-state index is -3.99. The van der Waals surface area contributed by atoms with Crippen molar-refractivity contribution in [2.45, 2.75) is 11.8 Å². The monoisotopic (exact) mass is 377 g/mol. The average molecular weight is 379 g/mol. The molecular weight excluding hydrogens is 369 g/mol. The van der Waals surface area contributed by atoms with Crippen molar-refractivity contribution in [2.24, 2.45) is 0 Å². The van der Waals surface area contributed by atoms with E-state index >= 15 is 0 Å². The molecule has 0 amide bonds. The second-order valence-corrected chi connectivity index (χ2v) is 7.12. The van der Waals surface area contributed by atoms with Crippen LogP contribution in [0.2, 0.25) is 5.02 Å². The van der Waals surface area contributed by atoms with Gasteiger partial charge < -0.3 is 0 Å². The van der Waals surface area contributed by atoms with Gasteiger partial charge in [0.1, 0.15) is 10.7 Å². The van der Waals surface area contributed by atoms with Crippen LogP contribution in [0.25, 0.3) is 0 Å². The highest BCUT2D eigenvalue weighted by Gasteiger charge is 2.19. The van der Waals surface area contributed by atoms with Crippen molar-refractivity contribution in [1.82, 2.24) is 0 Å². The van der Waals surface area contributed by atoms with Crippen LogP contribution >= 0.6 is 27.5 Å². The molecule has 0 spiro atoms. The van der Waals surface area contributed by atoms with Gasteiger partial charge in [-0.25, -0.2) is 12.8 Å². The van der Waals surface area contributed by atoms with Crippen LogP contribution in [0.4, 0.5) is 10.1 Å². The molecule has 0 aliphatic carbocycles.